The van der Waals surface area contributed by atoms with Crippen LogP contribution in [0.15, 0.2) is 42.5 Å². The van der Waals surface area contributed by atoms with E-state index in [2.05, 4.69) is 0 Å². The molecule has 0 spiro atoms. The Labute approximate surface area is 147 Å². The quantitative estimate of drug-likeness (QED) is 0.617. The number of amides is 2. The molecule has 3 rings (SSSR count). The van der Waals surface area contributed by atoms with E-state index in [-0.39, 0.29) is 47.4 Å². The fourth-order valence-electron chi connectivity index (χ4n) is 2.50. The Morgan fingerprint density at radius 1 is 1.08 bits per heavy atom. The molecular weight excluding hydrogens is 349 g/mol. The third kappa shape index (κ3) is 3.53. The third-order valence-electron chi connectivity index (χ3n) is 3.82. The van der Waals surface area contributed by atoms with Crippen LogP contribution in [-0.4, -0.2) is 17.8 Å². The number of benzene rings is 2. The van der Waals surface area contributed by atoms with E-state index in [1.54, 1.807) is 0 Å². The van der Waals surface area contributed by atoms with Crippen LogP contribution in [0, 0.1) is 5.82 Å². The highest BCUT2D eigenvalue weighted by atomic mass is 35.5. The van der Waals surface area contributed by atoms with Crippen LogP contribution in [0.3, 0.4) is 0 Å². The zero-order chi connectivity index (χ0) is 18.0. The lowest BCUT2D eigenvalue weighted by Gasteiger charge is -2.14. The van der Waals surface area contributed by atoms with Crippen molar-refractivity contribution in [3.63, 3.8) is 0 Å². The van der Waals surface area contributed by atoms with E-state index in [1.807, 2.05) is 0 Å². The van der Waals surface area contributed by atoms with Crippen molar-refractivity contribution < 1.29 is 23.5 Å². The van der Waals surface area contributed by atoms with E-state index in [4.69, 9.17) is 16.3 Å². The van der Waals surface area contributed by atoms with Crippen molar-refractivity contribution in [3.8, 4) is 0 Å². The van der Waals surface area contributed by atoms with Crippen LogP contribution in [0.2, 0.25) is 5.02 Å². The number of hydrogen-bond acceptors (Lipinski definition) is 4. The maximum Gasteiger partial charge on any atom is 0.338 e. The molecule has 2 aromatic carbocycles. The summed E-state index contributed by atoms with van der Waals surface area (Å²) in [7, 11) is 0. The Balaban J connectivity index is 1.69. The van der Waals surface area contributed by atoms with Gasteiger partial charge in [-0.15, -0.1) is 0 Å². The fourth-order valence-corrected chi connectivity index (χ4v) is 2.72. The van der Waals surface area contributed by atoms with Crippen molar-refractivity contribution in [3.05, 3.63) is 64.4 Å². The van der Waals surface area contributed by atoms with Gasteiger partial charge in [-0.25, -0.2) is 9.18 Å². The highest BCUT2D eigenvalue weighted by molar-refractivity contribution is 6.31. The molecule has 0 unspecified atom stereocenters. The minimum Gasteiger partial charge on any atom is -0.457 e. The van der Waals surface area contributed by atoms with E-state index in [1.165, 1.54) is 42.5 Å². The second-order valence-electron chi connectivity index (χ2n) is 5.45. The lowest BCUT2D eigenvalue weighted by Crippen LogP contribution is -2.28. The van der Waals surface area contributed by atoms with Crippen LogP contribution >= 0.6 is 11.6 Å². The first kappa shape index (κ1) is 17.1. The molecule has 25 heavy (non-hydrogen) atoms. The van der Waals surface area contributed by atoms with E-state index in [9.17, 15) is 18.8 Å². The van der Waals surface area contributed by atoms with Gasteiger partial charge in [-0.3, -0.25) is 14.5 Å². The minimum absolute atomic E-state index is 0.0994. The summed E-state index contributed by atoms with van der Waals surface area (Å²) in [6.07, 6.45) is 0.373. The van der Waals surface area contributed by atoms with Crippen molar-refractivity contribution in [1.29, 1.82) is 0 Å². The smallest absolute Gasteiger partial charge is 0.338 e. The van der Waals surface area contributed by atoms with Gasteiger partial charge in [0.25, 0.3) is 0 Å². The van der Waals surface area contributed by atoms with Gasteiger partial charge in [0.15, 0.2) is 0 Å². The van der Waals surface area contributed by atoms with Crippen molar-refractivity contribution in [1.82, 2.24) is 0 Å². The van der Waals surface area contributed by atoms with Crippen molar-refractivity contribution in [2.75, 3.05) is 4.90 Å². The number of esters is 1. The number of imide groups is 1. The Hall–Kier alpha value is -2.73. The summed E-state index contributed by atoms with van der Waals surface area (Å²) in [5.41, 5.74) is 0.721. The summed E-state index contributed by atoms with van der Waals surface area (Å²) in [5, 5.41) is 0.175. The molecule has 2 aromatic rings. The lowest BCUT2D eigenvalue weighted by molar-refractivity contribution is -0.121. The summed E-state index contributed by atoms with van der Waals surface area (Å²) in [6, 6.07) is 10.1. The SMILES string of the molecule is O=C(OCc1c(F)cccc1Cl)c1ccc(N2C(=O)CCC2=O)cc1. The Kier molecular flexibility index (Phi) is 4.81. The number of rotatable bonds is 4. The summed E-state index contributed by atoms with van der Waals surface area (Å²) < 4.78 is 18.7. The van der Waals surface area contributed by atoms with Gasteiger partial charge < -0.3 is 4.74 Å². The first-order chi connectivity index (χ1) is 12.0. The molecule has 5 nitrogen and oxygen atoms in total. The van der Waals surface area contributed by atoms with Gasteiger partial charge in [-0.05, 0) is 36.4 Å². The third-order valence-corrected chi connectivity index (χ3v) is 4.18. The van der Waals surface area contributed by atoms with Crippen LogP contribution in [-0.2, 0) is 20.9 Å². The van der Waals surface area contributed by atoms with Gasteiger partial charge in [-0.1, -0.05) is 17.7 Å². The largest absolute Gasteiger partial charge is 0.457 e. The van der Waals surface area contributed by atoms with Gasteiger partial charge in [0, 0.05) is 18.4 Å². The van der Waals surface area contributed by atoms with Crippen molar-refractivity contribution >= 4 is 35.1 Å². The molecule has 0 atom stereocenters. The molecule has 0 aliphatic carbocycles. The number of carbonyl (C=O) groups excluding carboxylic acids is 3. The van der Waals surface area contributed by atoms with Gasteiger partial charge in [0.05, 0.1) is 16.3 Å². The highest BCUT2D eigenvalue weighted by Gasteiger charge is 2.30. The predicted molar refractivity (Wildman–Crippen MR) is 88.7 cm³/mol. The summed E-state index contributed by atoms with van der Waals surface area (Å²) in [6.45, 7) is -0.296. The Morgan fingerprint density at radius 2 is 1.72 bits per heavy atom. The van der Waals surface area contributed by atoms with Crippen molar-refractivity contribution in [2.45, 2.75) is 19.4 Å². The van der Waals surface area contributed by atoms with Gasteiger partial charge >= 0.3 is 5.97 Å². The molecule has 1 aliphatic rings. The average molecular weight is 362 g/mol. The molecule has 0 N–H and O–H groups in total. The first-order valence-corrected chi connectivity index (χ1v) is 7.91. The number of nitrogens with zero attached hydrogens (tertiary/aromatic N) is 1. The fraction of sp³-hybridized carbons (Fsp3) is 0.167. The molecule has 0 aromatic heterocycles. The molecular formula is C18H13ClFNO4. The number of carbonyl (C=O) groups is 3. The first-order valence-electron chi connectivity index (χ1n) is 7.53. The normalized spacial score (nSPS) is 14.1. The molecule has 1 heterocycles. The van der Waals surface area contributed by atoms with E-state index >= 15 is 0 Å². The Bertz CT molecular complexity index is 814. The number of hydrogen-bond donors (Lipinski definition) is 0. The van der Waals surface area contributed by atoms with E-state index in [0.717, 1.165) is 4.90 Å². The summed E-state index contributed by atoms with van der Waals surface area (Å²) in [4.78, 5) is 36.5. The van der Waals surface area contributed by atoms with Crippen molar-refractivity contribution in [2.24, 2.45) is 0 Å². The molecule has 1 aliphatic heterocycles. The topological polar surface area (TPSA) is 63.7 Å². The standard InChI is InChI=1S/C18H13ClFNO4/c19-14-2-1-3-15(20)13(14)10-25-18(24)11-4-6-12(7-5-11)21-16(22)8-9-17(21)23/h1-7H,8-10H2. The number of anilines is 1. The molecule has 128 valence electrons. The van der Waals surface area contributed by atoms with Gasteiger partial charge in [-0.2, -0.15) is 0 Å². The minimum atomic E-state index is -0.662. The molecule has 1 saturated heterocycles. The maximum absolute atomic E-state index is 13.7. The monoisotopic (exact) mass is 361 g/mol. The van der Waals surface area contributed by atoms with Crippen LogP contribution in [0.5, 0.6) is 0 Å². The van der Waals surface area contributed by atoms with E-state index in [0.29, 0.717) is 5.69 Å². The second kappa shape index (κ2) is 7.03. The van der Waals surface area contributed by atoms with Crippen LogP contribution in [0.4, 0.5) is 10.1 Å². The second-order valence-corrected chi connectivity index (χ2v) is 5.85. The van der Waals surface area contributed by atoms with Gasteiger partial charge in [0.2, 0.25) is 11.8 Å². The summed E-state index contributed by atoms with van der Waals surface area (Å²) in [5.74, 6) is -1.75. The molecule has 0 saturated carbocycles. The number of halogens is 2. The maximum atomic E-state index is 13.7. The lowest BCUT2D eigenvalue weighted by atomic mass is 10.2. The molecule has 0 bridgehead atoms. The molecule has 7 heteroatoms. The predicted octanol–water partition coefficient (Wildman–Crippen LogP) is 3.49. The van der Waals surface area contributed by atoms with Crippen LogP contribution in [0.25, 0.3) is 0 Å². The highest BCUT2D eigenvalue weighted by Crippen LogP contribution is 2.24. The summed E-state index contributed by atoms with van der Waals surface area (Å²) >= 11 is 5.88. The van der Waals surface area contributed by atoms with E-state index < -0.39 is 11.8 Å². The van der Waals surface area contributed by atoms with Gasteiger partial charge in [0.1, 0.15) is 12.4 Å². The Morgan fingerprint density at radius 3 is 2.32 bits per heavy atom. The van der Waals surface area contributed by atoms with Crippen LogP contribution < -0.4 is 4.90 Å². The van der Waals surface area contributed by atoms with Crippen LogP contribution in [0.1, 0.15) is 28.8 Å². The molecule has 2 amide bonds. The average Bonchev–Trinajstić information content (AvgIpc) is 2.93. The zero-order valence-corrected chi connectivity index (χ0v) is 13.8. The number of ether oxygens (including phenoxy) is 1. The molecule has 1 fully saturated rings. The molecule has 0 radical (unpaired) electrons. The zero-order valence-electron chi connectivity index (χ0n) is 13.0.